The molecule has 1 fully saturated rings. The molecule has 3 rings (SSSR count). The average Bonchev–Trinajstić information content (AvgIpc) is 2.93. The fourth-order valence-corrected chi connectivity index (χ4v) is 4.45. The molecule has 0 bridgehead atoms. The van der Waals surface area contributed by atoms with Crippen molar-refractivity contribution in [3.8, 4) is 0 Å². The molecule has 0 spiro atoms. The van der Waals surface area contributed by atoms with Gasteiger partial charge in [-0.05, 0) is 50.1 Å². The van der Waals surface area contributed by atoms with Gasteiger partial charge in [0.2, 0.25) is 5.91 Å². The minimum absolute atomic E-state index is 0.104. The van der Waals surface area contributed by atoms with E-state index in [0.29, 0.717) is 6.54 Å². The molecule has 2 aromatic carbocycles. The van der Waals surface area contributed by atoms with Crippen LogP contribution in [0, 0.1) is 0 Å². The molecular weight excluding hydrogens is 464 g/mol. The molecular formula is C29H42N6O2. The number of hydrogen-bond acceptors (Lipinski definition) is 5. The summed E-state index contributed by atoms with van der Waals surface area (Å²) in [5, 5.41) is 4.32. The summed E-state index contributed by atoms with van der Waals surface area (Å²) < 4.78 is 0. The normalized spacial score (nSPS) is 14.8. The van der Waals surface area contributed by atoms with Crippen molar-refractivity contribution in [3.63, 3.8) is 0 Å². The number of nitrogens with one attached hydrogen (secondary N) is 1. The smallest absolute Gasteiger partial charge is 0.342 e. The standard InChI is InChI=1S/C29H42N6O2/c1-5-7-17-31-28(36)27(24-11-9-8-10-12-24)22-32-18-20-33(21-19-32)25-13-15-26(16-14-25)34(6-2)29(37)35(30)23(3)4/h6,8-16,23,27H,2,5,7,17-22,30H2,1,3-4H3,(H,31,36). The van der Waals surface area contributed by atoms with Crippen molar-refractivity contribution in [3.05, 3.63) is 72.9 Å². The van der Waals surface area contributed by atoms with Gasteiger partial charge in [0.25, 0.3) is 0 Å². The van der Waals surface area contributed by atoms with E-state index < -0.39 is 0 Å². The summed E-state index contributed by atoms with van der Waals surface area (Å²) in [7, 11) is 0. The third kappa shape index (κ3) is 7.57. The highest BCUT2D eigenvalue weighted by Gasteiger charge is 2.26. The monoisotopic (exact) mass is 506 g/mol. The molecule has 1 heterocycles. The lowest BCUT2D eigenvalue weighted by Crippen LogP contribution is -2.49. The Kier molecular flexibility index (Phi) is 10.5. The summed E-state index contributed by atoms with van der Waals surface area (Å²) >= 11 is 0. The Morgan fingerprint density at radius 1 is 1.05 bits per heavy atom. The number of piperazine rings is 1. The van der Waals surface area contributed by atoms with Gasteiger partial charge in [0.15, 0.2) is 0 Å². The first-order valence-corrected chi connectivity index (χ1v) is 13.2. The Morgan fingerprint density at radius 2 is 1.70 bits per heavy atom. The quantitative estimate of drug-likeness (QED) is 0.207. The second kappa shape index (κ2) is 13.8. The van der Waals surface area contributed by atoms with Gasteiger partial charge in [-0.2, -0.15) is 0 Å². The highest BCUT2D eigenvalue weighted by Crippen LogP contribution is 2.24. The largest absolute Gasteiger partial charge is 0.369 e. The topological polar surface area (TPSA) is 85.2 Å². The zero-order chi connectivity index (χ0) is 26.8. The first kappa shape index (κ1) is 28.2. The van der Waals surface area contributed by atoms with Gasteiger partial charge in [0, 0.05) is 57.2 Å². The number of hydrazine groups is 1. The molecule has 200 valence electrons. The van der Waals surface area contributed by atoms with E-state index in [9.17, 15) is 9.59 Å². The van der Waals surface area contributed by atoms with E-state index in [4.69, 9.17) is 5.84 Å². The van der Waals surface area contributed by atoms with Crippen molar-refractivity contribution in [2.24, 2.45) is 5.84 Å². The lowest BCUT2D eigenvalue weighted by molar-refractivity contribution is -0.123. The molecule has 37 heavy (non-hydrogen) atoms. The molecule has 1 aliphatic rings. The number of rotatable bonds is 11. The van der Waals surface area contributed by atoms with Gasteiger partial charge in [-0.15, -0.1) is 0 Å². The summed E-state index contributed by atoms with van der Waals surface area (Å²) in [5.41, 5.74) is 2.88. The number of amides is 3. The van der Waals surface area contributed by atoms with E-state index in [1.54, 1.807) is 0 Å². The molecule has 0 radical (unpaired) electrons. The molecule has 8 nitrogen and oxygen atoms in total. The van der Waals surface area contributed by atoms with Gasteiger partial charge < -0.3 is 10.2 Å². The molecule has 0 saturated carbocycles. The Bertz CT molecular complexity index is 1000. The zero-order valence-corrected chi connectivity index (χ0v) is 22.5. The van der Waals surface area contributed by atoms with Gasteiger partial charge in [-0.3, -0.25) is 19.6 Å². The van der Waals surface area contributed by atoms with Crippen molar-refractivity contribution in [2.75, 3.05) is 49.1 Å². The maximum Gasteiger partial charge on any atom is 0.342 e. The van der Waals surface area contributed by atoms with E-state index >= 15 is 0 Å². The second-order valence-electron chi connectivity index (χ2n) is 9.75. The molecule has 3 amide bonds. The maximum absolute atomic E-state index is 13.0. The van der Waals surface area contributed by atoms with E-state index in [1.165, 1.54) is 16.1 Å². The Labute approximate surface area is 221 Å². The van der Waals surface area contributed by atoms with Crippen LogP contribution in [0.4, 0.5) is 16.2 Å². The lowest BCUT2D eigenvalue weighted by atomic mass is 9.97. The van der Waals surface area contributed by atoms with Gasteiger partial charge in [0.1, 0.15) is 0 Å². The first-order valence-electron chi connectivity index (χ1n) is 13.2. The average molecular weight is 507 g/mol. The van der Waals surface area contributed by atoms with E-state index in [2.05, 4.69) is 28.6 Å². The Morgan fingerprint density at radius 3 is 2.27 bits per heavy atom. The number of unbranched alkanes of at least 4 members (excludes halogenated alkanes) is 1. The van der Waals surface area contributed by atoms with Crippen LogP contribution in [0.1, 0.15) is 45.1 Å². The van der Waals surface area contributed by atoms with E-state index in [1.807, 2.05) is 68.4 Å². The molecule has 0 aliphatic carbocycles. The molecule has 1 saturated heterocycles. The second-order valence-corrected chi connectivity index (χ2v) is 9.75. The summed E-state index contributed by atoms with van der Waals surface area (Å²) in [6.07, 6.45) is 3.54. The minimum atomic E-state index is -0.321. The number of urea groups is 1. The maximum atomic E-state index is 13.0. The van der Waals surface area contributed by atoms with Gasteiger partial charge >= 0.3 is 6.03 Å². The fraction of sp³-hybridized carbons (Fsp3) is 0.448. The summed E-state index contributed by atoms with van der Waals surface area (Å²) in [4.78, 5) is 31.9. The number of nitrogens with two attached hydrogens (primary N) is 1. The molecule has 1 aliphatic heterocycles. The molecule has 0 aromatic heterocycles. The Balaban J connectivity index is 1.60. The number of carbonyl (C=O) groups is 2. The van der Waals surface area contributed by atoms with Crippen molar-refractivity contribution < 1.29 is 9.59 Å². The molecule has 2 aromatic rings. The third-order valence-corrected chi connectivity index (χ3v) is 6.82. The van der Waals surface area contributed by atoms with Crippen LogP contribution in [0.3, 0.4) is 0 Å². The zero-order valence-electron chi connectivity index (χ0n) is 22.5. The summed E-state index contributed by atoms with van der Waals surface area (Å²) in [6, 6.07) is 17.5. The minimum Gasteiger partial charge on any atom is -0.369 e. The number of benzene rings is 2. The molecule has 3 N–H and O–H groups in total. The third-order valence-electron chi connectivity index (χ3n) is 6.82. The van der Waals surface area contributed by atoms with Crippen molar-refractivity contribution in [1.29, 1.82) is 0 Å². The highest BCUT2D eigenvalue weighted by molar-refractivity contribution is 5.93. The highest BCUT2D eigenvalue weighted by atomic mass is 16.2. The predicted octanol–water partition coefficient (Wildman–Crippen LogP) is 4.16. The van der Waals surface area contributed by atoms with Crippen molar-refractivity contribution in [2.45, 2.75) is 45.6 Å². The number of anilines is 2. The van der Waals surface area contributed by atoms with Crippen LogP contribution < -0.4 is 21.0 Å². The van der Waals surface area contributed by atoms with Crippen molar-refractivity contribution in [1.82, 2.24) is 15.2 Å². The molecule has 1 atom stereocenters. The van der Waals surface area contributed by atoms with Gasteiger partial charge in [-0.1, -0.05) is 50.3 Å². The SMILES string of the molecule is C=CN(C(=O)N(N)C(C)C)c1ccc(N2CCN(CC(C(=O)NCCCC)c3ccccc3)CC2)cc1. The fourth-order valence-electron chi connectivity index (χ4n) is 4.45. The lowest BCUT2D eigenvalue weighted by Gasteiger charge is -2.37. The Hall–Kier alpha value is -3.36. The van der Waals surface area contributed by atoms with Crippen molar-refractivity contribution >= 4 is 23.3 Å². The van der Waals surface area contributed by atoms with Crippen LogP contribution in [0.15, 0.2) is 67.4 Å². The van der Waals surface area contributed by atoms with Crippen LogP contribution in [0.5, 0.6) is 0 Å². The van der Waals surface area contributed by atoms with Crippen LogP contribution in [-0.2, 0) is 4.79 Å². The van der Waals surface area contributed by atoms with Crippen LogP contribution in [0.2, 0.25) is 0 Å². The van der Waals surface area contributed by atoms with Gasteiger partial charge in [0.05, 0.1) is 11.6 Å². The van der Waals surface area contributed by atoms with Crippen LogP contribution in [0.25, 0.3) is 0 Å². The number of hydrogen-bond donors (Lipinski definition) is 2. The number of carbonyl (C=O) groups excluding carboxylic acids is 2. The number of nitrogens with zero attached hydrogens (tertiary/aromatic N) is 4. The summed E-state index contributed by atoms with van der Waals surface area (Å²) in [5.74, 6) is 5.83. The molecule has 8 heteroatoms. The predicted molar refractivity (Wildman–Crippen MR) is 151 cm³/mol. The van der Waals surface area contributed by atoms with Crippen LogP contribution in [-0.4, -0.2) is 67.2 Å². The van der Waals surface area contributed by atoms with Crippen LogP contribution >= 0.6 is 0 Å². The van der Waals surface area contributed by atoms with E-state index in [-0.39, 0.29) is 23.9 Å². The van der Waals surface area contributed by atoms with Gasteiger partial charge in [-0.25, -0.2) is 10.6 Å². The summed E-state index contributed by atoms with van der Waals surface area (Å²) in [6.45, 7) is 14.5. The molecule has 1 unspecified atom stereocenters. The van der Waals surface area contributed by atoms with E-state index in [0.717, 1.165) is 62.5 Å². The first-order chi connectivity index (χ1) is 17.8.